The Morgan fingerprint density at radius 1 is 1.50 bits per heavy atom. The van der Waals surface area contributed by atoms with E-state index in [2.05, 4.69) is 30.8 Å². The number of nitrogens with zero attached hydrogens (tertiary/aromatic N) is 2. The van der Waals surface area contributed by atoms with Crippen LogP contribution in [0.4, 0.5) is 0 Å². The second-order valence-corrected chi connectivity index (χ2v) is 2.04. The van der Waals surface area contributed by atoms with E-state index in [1.165, 1.54) is 0 Å². The molecule has 0 heterocycles. The minimum absolute atomic E-state index is 0.487. The molecule has 0 rings (SSSR count). The van der Waals surface area contributed by atoms with Crippen molar-refractivity contribution < 1.29 is 0 Å². The Hall–Kier alpha value is -0.660. The lowest BCUT2D eigenvalue weighted by atomic mass is 10.1. The van der Waals surface area contributed by atoms with Crippen LogP contribution < -0.4 is 0 Å². The molecule has 46 valence electrons. The van der Waals surface area contributed by atoms with E-state index in [9.17, 15) is 0 Å². The third kappa shape index (κ3) is 2.50. The van der Waals surface area contributed by atoms with Crippen molar-refractivity contribution in [2.75, 3.05) is 0 Å². The minimum Gasteiger partial charge on any atom is -0.167 e. The molecule has 0 aliphatic heterocycles. The molecule has 0 spiro atoms. The van der Waals surface area contributed by atoms with Crippen LogP contribution in [0.15, 0.2) is 10.2 Å². The van der Waals surface area contributed by atoms with Crippen molar-refractivity contribution >= 4 is 12.4 Å². The van der Waals surface area contributed by atoms with Gasteiger partial charge in [0.2, 0.25) is 0 Å². The fourth-order valence-corrected chi connectivity index (χ4v) is 0.227. The van der Waals surface area contributed by atoms with Gasteiger partial charge in [0.1, 0.15) is 0 Å². The maximum absolute atomic E-state index is 3.75. The first-order valence-corrected chi connectivity index (χ1v) is 2.68. The average Bonchev–Trinajstić information content (AvgIpc) is 1.67. The zero-order valence-corrected chi connectivity index (χ0v) is 5.68. The van der Waals surface area contributed by atoms with Crippen molar-refractivity contribution in [1.29, 1.82) is 0 Å². The highest BCUT2D eigenvalue weighted by Crippen LogP contribution is 1.94. The van der Waals surface area contributed by atoms with E-state index in [4.69, 9.17) is 0 Å². The van der Waals surface area contributed by atoms with Crippen LogP contribution in [-0.4, -0.2) is 12.4 Å². The standard InChI is InChI=1S/C6H12N2/c1-5(2)6(3)8-7-4/h5H,4H2,1-3H3/b8-6+. The van der Waals surface area contributed by atoms with Crippen molar-refractivity contribution in [3.63, 3.8) is 0 Å². The van der Waals surface area contributed by atoms with Gasteiger partial charge in [-0.2, -0.15) is 10.2 Å². The summed E-state index contributed by atoms with van der Waals surface area (Å²) in [5.41, 5.74) is 1.03. The highest BCUT2D eigenvalue weighted by atomic mass is 15.2. The predicted octanol–water partition coefficient (Wildman–Crippen LogP) is 1.72. The maximum atomic E-state index is 3.75. The fraction of sp³-hybridized carbons (Fsp3) is 0.667. The average molecular weight is 112 g/mol. The molecule has 8 heavy (non-hydrogen) atoms. The van der Waals surface area contributed by atoms with E-state index in [1.807, 2.05) is 6.92 Å². The SMILES string of the molecule is C=N/N=C(\C)C(C)C. The molecule has 0 fully saturated rings. The van der Waals surface area contributed by atoms with Gasteiger partial charge in [0.15, 0.2) is 0 Å². The summed E-state index contributed by atoms with van der Waals surface area (Å²) in [5, 5.41) is 7.15. The smallest absolute Gasteiger partial charge is 0.0400 e. The third-order valence-corrected chi connectivity index (χ3v) is 1.06. The first kappa shape index (κ1) is 7.34. The highest BCUT2D eigenvalue weighted by Gasteiger charge is 1.94. The molecule has 0 N–H and O–H groups in total. The molecule has 0 saturated heterocycles. The molecule has 2 nitrogen and oxygen atoms in total. The lowest BCUT2D eigenvalue weighted by Gasteiger charge is -1.98. The van der Waals surface area contributed by atoms with Crippen molar-refractivity contribution in [2.45, 2.75) is 20.8 Å². The van der Waals surface area contributed by atoms with E-state index in [0.717, 1.165) is 5.71 Å². The number of hydrogen-bond acceptors (Lipinski definition) is 2. The van der Waals surface area contributed by atoms with Gasteiger partial charge in [0.05, 0.1) is 0 Å². The lowest BCUT2D eigenvalue weighted by Crippen LogP contribution is -1.99. The van der Waals surface area contributed by atoms with Crippen LogP contribution in [0, 0.1) is 5.92 Å². The summed E-state index contributed by atoms with van der Waals surface area (Å²) in [6.07, 6.45) is 0. The van der Waals surface area contributed by atoms with E-state index in [0.29, 0.717) is 5.92 Å². The van der Waals surface area contributed by atoms with E-state index >= 15 is 0 Å². The Morgan fingerprint density at radius 2 is 2.00 bits per heavy atom. The van der Waals surface area contributed by atoms with E-state index in [1.54, 1.807) is 0 Å². The van der Waals surface area contributed by atoms with Gasteiger partial charge in [0, 0.05) is 12.4 Å². The number of hydrogen-bond donors (Lipinski definition) is 0. The summed E-state index contributed by atoms with van der Waals surface area (Å²) >= 11 is 0. The van der Waals surface area contributed by atoms with Crippen molar-refractivity contribution in [1.82, 2.24) is 0 Å². The summed E-state index contributed by atoms with van der Waals surface area (Å²) in [4.78, 5) is 0. The number of rotatable bonds is 2. The van der Waals surface area contributed by atoms with Gasteiger partial charge in [-0.3, -0.25) is 0 Å². The second-order valence-electron chi connectivity index (χ2n) is 2.04. The molecule has 0 unspecified atom stereocenters. The van der Waals surface area contributed by atoms with Crippen LogP contribution >= 0.6 is 0 Å². The monoisotopic (exact) mass is 112 g/mol. The molecule has 0 atom stereocenters. The first-order valence-electron chi connectivity index (χ1n) is 2.68. The fourth-order valence-electron chi connectivity index (χ4n) is 0.227. The van der Waals surface area contributed by atoms with Gasteiger partial charge in [-0.1, -0.05) is 13.8 Å². The lowest BCUT2D eigenvalue weighted by molar-refractivity contribution is 0.870. The van der Waals surface area contributed by atoms with Crippen molar-refractivity contribution in [3.8, 4) is 0 Å². The van der Waals surface area contributed by atoms with Crippen molar-refractivity contribution in [3.05, 3.63) is 0 Å². The van der Waals surface area contributed by atoms with Gasteiger partial charge < -0.3 is 0 Å². The topological polar surface area (TPSA) is 24.7 Å². The third-order valence-electron chi connectivity index (χ3n) is 1.06. The molecule has 0 aromatic rings. The van der Waals surface area contributed by atoms with Crippen molar-refractivity contribution in [2.24, 2.45) is 16.1 Å². The molecule has 0 bridgehead atoms. The Bertz CT molecular complexity index is 103. The van der Waals surface area contributed by atoms with Crippen LogP contribution in [0.25, 0.3) is 0 Å². The molecule has 0 aliphatic carbocycles. The van der Waals surface area contributed by atoms with E-state index < -0.39 is 0 Å². The summed E-state index contributed by atoms with van der Waals surface area (Å²) in [7, 11) is 0. The first-order chi connectivity index (χ1) is 3.68. The minimum atomic E-state index is 0.487. The van der Waals surface area contributed by atoms with Gasteiger partial charge in [-0.05, 0) is 12.8 Å². The summed E-state index contributed by atoms with van der Waals surface area (Å²) in [6, 6.07) is 0. The summed E-state index contributed by atoms with van der Waals surface area (Å²) < 4.78 is 0. The Balaban J connectivity index is 3.78. The maximum Gasteiger partial charge on any atom is 0.0400 e. The Morgan fingerprint density at radius 3 is 2.12 bits per heavy atom. The highest BCUT2D eigenvalue weighted by molar-refractivity contribution is 5.83. The molecular formula is C6H12N2. The molecule has 0 saturated carbocycles. The zero-order valence-electron chi connectivity index (χ0n) is 5.68. The summed E-state index contributed by atoms with van der Waals surface area (Å²) in [5.74, 6) is 0.487. The Kier molecular flexibility index (Phi) is 3.08. The van der Waals surface area contributed by atoms with Crippen LogP contribution in [-0.2, 0) is 0 Å². The largest absolute Gasteiger partial charge is 0.167 e. The molecule has 0 aliphatic rings. The van der Waals surface area contributed by atoms with Crippen LogP contribution in [0.3, 0.4) is 0 Å². The summed E-state index contributed by atoms with van der Waals surface area (Å²) in [6.45, 7) is 9.34. The molecule has 2 heteroatoms. The second kappa shape index (κ2) is 3.36. The predicted molar refractivity (Wildman–Crippen MR) is 37.5 cm³/mol. The van der Waals surface area contributed by atoms with E-state index in [-0.39, 0.29) is 0 Å². The zero-order chi connectivity index (χ0) is 6.57. The molecule has 0 amide bonds. The Labute approximate surface area is 50.3 Å². The van der Waals surface area contributed by atoms with Crippen LogP contribution in [0.5, 0.6) is 0 Å². The van der Waals surface area contributed by atoms with Crippen LogP contribution in [0.2, 0.25) is 0 Å². The van der Waals surface area contributed by atoms with Gasteiger partial charge in [-0.25, -0.2) is 0 Å². The molecule has 0 aromatic carbocycles. The van der Waals surface area contributed by atoms with Crippen LogP contribution in [0.1, 0.15) is 20.8 Å². The molecular weight excluding hydrogens is 100 g/mol. The quantitative estimate of drug-likeness (QED) is 0.384. The molecule has 0 radical (unpaired) electrons. The molecule has 0 aromatic heterocycles. The van der Waals surface area contributed by atoms with Gasteiger partial charge in [-0.15, -0.1) is 0 Å². The van der Waals surface area contributed by atoms with Gasteiger partial charge >= 0.3 is 0 Å². The normalized spacial score (nSPS) is 12.2. The van der Waals surface area contributed by atoms with Gasteiger partial charge in [0.25, 0.3) is 0 Å².